The molecule has 0 saturated heterocycles. The minimum Gasteiger partial charge on any atom is -0.234 e. The average molecular weight is 168 g/mol. The van der Waals surface area contributed by atoms with E-state index in [9.17, 15) is 12.3 Å². The Morgan fingerprint density at radius 2 is 1.90 bits per heavy atom. The minimum absolute atomic E-state index is 0.433. The van der Waals surface area contributed by atoms with Gasteiger partial charge in [-0.15, -0.1) is 0 Å². The SMILES string of the molecule is CCCCC=C[Si](F)(F)F. The molecule has 0 bridgehead atoms. The van der Waals surface area contributed by atoms with Gasteiger partial charge in [-0.3, -0.25) is 0 Å². The van der Waals surface area contributed by atoms with Crippen molar-refractivity contribution in [3.8, 4) is 0 Å². The van der Waals surface area contributed by atoms with Crippen LogP contribution in [0.3, 0.4) is 0 Å². The minimum atomic E-state index is -5.39. The molecule has 0 unspecified atom stereocenters. The van der Waals surface area contributed by atoms with Gasteiger partial charge < -0.3 is 0 Å². The Morgan fingerprint density at radius 1 is 1.30 bits per heavy atom. The maximum atomic E-state index is 11.5. The summed E-state index contributed by atoms with van der Waals surface area (Å²) in [6, 6.07) is 0. The first-order chi connectivity index (χ1) is 4.56. The van der Waals surface area contributed by atoms with Gasteiger partial charge in [-0.2, -0.15) is 0 Å². The van der Waals surface area contributed by atoms with Gasteiger partial charge in [0, 0.05) is 0 Å². The molecule has 0 aliphatic carbocycles. The van der Waals surface area contributed by atoms with Crippen molar-refractivity contribution in [1.82, 2.24) is 0 Å². The molecule has 0 amide bonds. The van der Waals surface area contributed by atoms with Gasteiger partial charge in [-0.1, -0.05) is 25.8 Å². The van der Waals surface area contributed by atoms with Crippen molar-refractivity contribution in [2.75, 3.05) is 0 Å². The van der Waals surface area contributed by atoms with E-state index in [0.29, 0.717) is 12.1 Å². The summed E-state index contributed by atoms with van der Waals surface area (Å²) in [4.78, 5) is 0. The molecule has 0 aliphatic rings. The topological polar surface area (TPSA) is 0 Å². The lowest BCUT2D eigenvalue weighted by molar-refractivity contribution is 0.498. The first-order valence-corrected chi connectivity index (χ1v) is 5.02. The number of allylic oxidation sites excluding steroid dienone is 1. The summed E-state index contributed by atoms with van der Waals surface area (Å²) in [5.74, 6) is 0. The molecule has 0 spiro atoms. The molecule has 0 aromatic rings. The third-order valence-corrected chi connectivity index (χ3v) is 1.64. The molecule has 0 rings (SSSR count). The van der Waals surface area contributed by atoms with Crippen LogP contribution in [0.5, 0.6) is 0 Å². The van der Waals surface area contributed by atoms with Gasteiger partial charge >= 0.3 is 9.08 Å². The zero-order chi connectivity index (χ0) is 8.04. The number of unbranched alkanes of at least 4 members (excludes halogenated alkanes) is 2. The van der Waals surface area contributed by atoms with Gasteiger partial charge in [0.2, 0.25) is 0 Å². The zero-order valence-electron chi connectivity index (χ0n) is 5.91. The lowest BCUT2D eigenvalue weighted by Gasteiger charge is -1.91. The fourth-order valence-corrected chi connectivity index (χ4v) is 0.973. The Labute approximate surface area is 60.3 Å². The summed E-state index contributed by atoms with van der Waals surface area (Å²) < 4.78 is 34.6. The van der Waals surface area contributed by atoms with E-state index < -0.39 is 9.08 Å². The Hall–Kier alpha value is -0.253. The molecular weight excluding hydrogens is 157 g/mol. The first-order valence-electron chi connectivity index (χ1n) is 3.30. The molecule has 0 N–H and O–H groups in total. The van der Waals surface area contributed by atoms with Gasteiger partial charge in [-0.05, 0) is 12.1 Å². The molecule has 0 radical (unpaired) electrons. The Kier molecular flexibility index (Phi) is 4.43. The summed E-state index contributed by atoms with van der Waals surface area (Å²) in [6.45, 7) is 1.96. The highest BCUT2D eigenvalue weighted by molar-refractivity contribution is 6.64. The van der Waals surface area contributed by atoms with Crippen LogP contribution in [0, 0.1) is 0 Å². The van der Waals surface area contributed by atoms with Gasteiger partial charge in [0.25, 0.3) is 0 Å². The molecule has 60 valence electrons. The van der Waals surface area contributed by atoms with E-state index in [2.05, 4.69) is 0 Å². The van der Waals surface area contributed by atoms with Crippen molar-refractivity contribution in [2.24, 2.45) is 0 Å². The van der Waals surface area contributed by atoms with E-state index in [1.54, 1.807) is 0 Å². The van der Waals surface area contributed by atoms with Crippen molar-refractivity contribution < 1.29 is 12.3 Å². The van der Waals surface area contributed by atoms with Crippen molar-refractivity contribution in [3.63, 3.8) is 0 Å². The van der Waals surface area contributed by atoms with Crippen LogP contribution in [0.4, 0.5) is 12.3 Å². The molecule has 0 saturated carbocycles. The molecule has 0 fully saturated rings. The number of hydrogen-bond donors (Lipinski definition) is 0. The predicted octanol–water partition coefficient (Wildman–Crippen LogP) is 3.12. The molecule has 0 atom stereocenters. The summed E-state index contributed by atoms with van der Waals surface area (Å²) in [5.41, 5.74) is 0.433. The van der Waals surface area contributed by atoms with Gasteiger partial charge in [0.1, 0.15) is 0 Å². The standard InChI is InChI=1S/C6H11F3Si/c1-2-3-4-5-6-10(7,8)9/h5-6H,2-4H2,1H3. The second-order valence-corrected chi connectivity index (χ2v) is 3.50. The van der Waals surface area contributed by atoms with Crippen molar-refractivity contribution in [1.29, 1.82) is 0 Å². The smallest absolute Gasteiger partial charge is 0.234 e. The third kappa shape index (κ3) is 7.75. The van der Waals surface area contributed by atoms with Gasteiger partial charge in [0.15, 0.2) is 0 Å². The molecular formula is C6H11F3Si. The highest BCUT2D eigenvalue weighted by Gasteiger charge is 2.31. The highest BCUT2D eigenvalue weighted by Crippen LogP contribution is 2.10. The number of rotatable bonds is 4. The van der Waals surface area contributed by atoms with Crippen LogP contribution < -0.4 is 0 Å². The second-order valence-electron chi connectivity index (χ2n) is 2.09. The molecule has 0 heterocycles. The fraction of sp³-hybridized carbons (Fsp3) is 0.667. The van der Waals surface area contributed by atoms with Crippen LogP contribution in [-0.2, 0) is 0 Å². The van der Waals surface area contributed by atoms with E-state index in [1.807, 2.05) is 6.92 Å². The maximum Gasteiger partial charge on any atom is 0.645 e. The van der Waals surface area contributed by atoms with Crippen molar-refractivity contribution in [3.05, 3.63) is 11.8 Å². The summed E-state index contributed by atoms with van der Waals surface area (Å²) >= 11 is 0. The molecule has 10 heavy (non-hydrogen) atoms. The lowest BCUT2D eigenvalue weighted by atomic mass is 10.2. The quantitative estimate of drug-likeness (QED) is 0.344. The van der Waals surface area contributed by atoms with Crippen LogP contribution in [0.25, 0.3) is 0 Å². The Morgan fingerprint density at radius 3 is 2.30 bits per heavy atom. The summed E-state index contributed by atoms with van der Waals surface area (Å²) in [5, 5.41) is 0. The zero-order valence-corrected chi connectivity index (χ0v) is 6.91. The van der Waals surface area contributed by atoms with Crippen LogP contribution in [0.15, 0.2) is 11.8 Å². The van der Waals surface area contributed by atoms with Gasteiger partial charge in [0.05, 0.1) is 0 Å². The monoisotopic (exact) mass is 168 g/mol. The third-order valence-electron chi connectivity index (χ3n) is 1.03. The van der Waals surface area contributed by atoms with Crippen LogP contribution in [0.2, 0.25) is 0 Å². The molecule has 4 heteroatoms. The normalized spacial score (nSPS) is 12.8. The summed E-state index contributed by atoms with van der Waals surface area (Å²) in [7, 11) is -5.39. The van der Waals surface area contributed by atoms with Crippen molar-refractivity contribution >= 4 is 9.08 Å². The highest BCUT2D eigenvalue weighted by atomic mass is 28.5. The van der Waals surface area contributed by atoms with E-state index in [4.69, 9.17) is 0 Å². The first kappa shape index (κ1) is 9.75. The van der Waals surface area contributed by atoms with E-state index in [-0.39, 0.29) is 0 Å². The van der Waals surface area contributed by atoms with E-state index in [1.165, 1.54) is 6.08 Å². The Bertz CT molecular complexity index is 106. The van der Waals surface area contributed by atoms with Crippen LogP contribution in [-0.4, -0.2) is 9.08 Å². The van der Waals surface area contributed by atoms with Gasteiger partial charge in [-0.25, -0.2) is 12.3 Å². The number of halogens is 3. The molecule has 0 nitrogen and oxygen atoms in total. The second kappa shape index (κ2) is 4.55. The van der Waals surface area contributed by atoms with Crippen molar-refractivity contribution in [2.45, 2.75) is 26.2 Å². The van der Waals surface area contributed by atoms with Crippen LogP contribution in [0.1, 0.15) is 26.2 Å². The lowest BCUT2D eigenvalue weighted by Crippen LogP contribution is -2.09. The Balaban J connectivity index is 3.37. The van der Waals surface area contributed by atoms with E-state index in [0.717, 1.165) is 12.8 Å². The largest absolute Gasteiger partial charge is 0.645 e. The molecule has 0 aliphatic heterocycles. The molecule has 0 aromatic heterocycles. The summed E-state index contributed by atoms with van der Waals surface area (Å²) in [6.07, 6.45) is 3.59. The molecule has 0 aromatic carbocycles. The van der Waals surface area contributed by atoms with Crippen LogP contribution >= 0.6 is 0 Å². The fourth-order valence-electron chi connectivity index (χ4n) is 0.539. The van der Waals surface area contributed by atoms with E-state index >= 15 is 0 Å². The average Bonchev–Trinajstić information content (AvgIpc) is 1.78. The predicted molar refractivity (Wildman–Crippen MR) is 37.7 cm³/mol. The number of hydrogen-bond acceptors (Lipinski definition) is 0. The maximum absolute atomic E-state index is 11.5.